The van der Waals surface area contributed by atoms with Crippen LogP contribution >= 0.6 is 0 Å². The zero-order chi connectivity index (χ0) is 15.6. The number of hydrogen-bond acceptors (Lipinski definition) is 5. The van der Waals surface area contributed by atoms with E-state index in [0.29, 0.717) is 5.76 Å². The topological polar surface area (TPSA) is 102 Å². The van der Waals surface area contributed by atoms with Gasteiger partial charge in [-0.2, -0.15) is 0 Å². The van der Waals surface area contributed by atoms with Gasteiger partial charge in [0.05, 0.1) is 11.4 Å². The average molecular weight is 308 g/mol. The van der Waals surface area contributed by atoms with Gasteiger partial charge in [0, 0.05) is 17.5 Å². The minimum atomic E-state index is -3.42. The van der Waals surface area contributed by atoms with E-state index in [-0.39, 0.29) is 22.7 Å². The fourth-order valence-corrected chi connectivity index (χ4v) is 2.51. The molecule has 0 aliphatic heterocycles. The second-order valence-corrected chi connectivity index (χ2v) is 6.77. The molecule has 0 atom stereocenters. The number of aryl methyl sites for hydroxylation is 1. The summed E-state index contributed by atoms with van der Waals surface area (Å²) in [5, 5.41) is 2.65. The third-order valence-corrected chi connectivity index (χ3v) is 3.93. The van der Waals surface area contributed by atoms with Gasteiger partial charge in [-0.15, -0.1) is 0 Å². The fourth-order valence-electron chi connectivity index (χ4n) is 1.82. The minimum absolute atomic E-state index is 0.0153. The van der Waals surface area contributed by atoms with Gasteiger partial charge in [-0.05, 0) is 37.3 Å². The second kappa shape index (κ2) is 5.61. The number of furan rings is 1. The Labute approximate surface area is 122 Å². The quantitative estimate of drug-likeness (QED) is 0.833. The highest BCUT2D eigenvalue weighted by atomic mass is 32.2. The molecule has 7 heteroatoms. The molecule has 2 aromatic rings. The number of nitrogen functional groups attached to an aromatic ring is 1. The van der Waals surface area contributed by atoms with Crippen LogP contribution in [0.25, 0.3) is 0 Å². The molecular formula is C14H16N2O4S. The van der Waals surface area contributed by atoms with Crippen LogP contribution in [-0.2, 0) is 16.4 Å². The summed E-state index contributed by atoms with van der Waals surface area (Å²) < 4.78 is 28.4. The van der Waals surface area contributed by atoms with Gasteiger partial charge >= 0.3 is 0 Å². The zero-order valence-corrected chi connectivity index (χ0v) is 12.5. The van der Waals surface area contributed by atoms with Crippen LogP contribution < -0.4 is 11.1 Å². The number of rotatable bonds is 4. The van der Waals surface area contributed by atoms with Crippen molar-refractivity contribution in [1.82, 2.24) is 5.32 Å². The molecule has 21 heavy (non-hydrogen) atoms. The van der Waals surface area contributed by atoms with Crippen molar-refractivity contribution < 1.29 is 17.6 Å². The standard InChI is InChI=1S/C14H16N2O4S/c1-9-3-4-12(20-9)8-16-14(17)10-5-11(15)7-13(6-10)21(2,18)19/h3-7H,8,15H2,1-2H3,(H,16,17). The van der Waals surface area contributed by atoms with E-state index < -0.39 is 15.7 Å². The van der Waals surface area contributed by atoms with Crippen LogP contribution in [0.3, 0.4) is 0 Å². The SMILES string of the molecule is Cc1ccc(CNC(=O)c2cc(N)cc(S(C)(=O)=O)c2)o1. The van der Waals surface area contributed by atoms with Gasteiger partial charge in [0.15, 0.2) is 9.84 Å². The van der Waals surface area contributed by atoms with Crippen molar-refractivity contribution in [3.8, 4) is 0 Å². The molecule has 112 valence electrons. The number of nitrogens with two attached hydrogens (primary N) is 1. The van der Waals surface area contributed by atoms with Gasteiger partial charge < -0.3 is 15.5 Å². The van der Waals surface area contributed by atoms with Crippen LogP contribution in [0.1, 0.15) is 21.9 Å². The highest BCUT2D eigenvalue weighted by molar-refractivity contribution is 7.90. The van der Waals surface area contributed by atoms with E-state index in [2.05, 4.69) is 5.32 Å². The van der Waals surface area contributed by atoms with E-state index in [0.717, 1.165) is 12.0 Å². The Hall–Kier alpha value is -2.28. The summed E-state index contributed by atoms with van der Waals surface area (Å²) in [4.78, 5) is 12.1. The van der Waals surface area contributed by atoms with E-state index in [4.69, 9.17) is 10.2 Å². The number of anilines is 1. The smallest absolute Gasteiger partial charge is 0.251 e. The van der Waals surface area contributed by atoms with Gasteiger partial charge in [-0.3, -0.25) is 4.79 Å². The van der Waals surface area contributed by atoms with E-state index >= 15 is 0 Å². The lowest BCUT2D eigenvalue weighted by molar-refractivity contribution is 0.0947. The Morgan fingerprint density at radius 1 is 1.29 bits per heavy atom. The Morgan fingerprint density at radius 2 is 2.00 bits per heavy atom. The largest absolute Gasteiger partial charge is 0.465 e. The van der Waals surface area contributed by atoms with Crippen molar-refractivity contribution >= 4 is 21.4 Å². The molecule has 6 nitrogen and oxygen atoms in total. The Morgan fingerprint density at radius 3 is 2.57 bits per heavy atom. The summed E-state index contributed by atoms with van der Waals surface area (Å²) >= 11 is 0. The van der Waals surface area contributed by atoms with Crippen molar-refractivity contribution in [1.29, 1.82) is 0 Å². The molecule has 0 aliphatic carbocycles. The van der Waals surface area contributed by atoms with Crippen molar-refractivity contribution in [2.24, 2.45) is 0 Å². The first-order valence-electron chi connectivity index (χ1n) is 6.20. The third kappa shape index (κ3) is 3.85. The van der Waals surface area contributed by atoms with Crippen molar-refractivity contribution in [2.45, 2.75) is 18.4 Å². The maximum absolute atomic E-state index is 12.1. The van der Waals surface area contributed by atoms with Crippen molar-refractivity contribution in [3.63, 3.8) is 0 Å². The predicted octanol–water partition coefficient (Wildman–Crippen LogP) is 1.50. The highest BCUT2D eigenvalue weighted by Gasteiger charge is 2.13. The maximum atomic E-state index is 12.1. The molecule has 0 fully saturated rings. The second-order valence-electron chi connectivity index (χ2n) is 4.76. The van der Waals surface area contributed by atoms with Gasteiger partial charge in [-0.25, -0.2) is 8.42 Å². The van der Waals surface area contributed by atoms with Crippen molar-refractivity contribution in [3.05, 3.63) is 47.4 Å². The highest BCUT2D eigenvalue weighted by Crippen LogP contribution is 2.17. The molecular weight excluding hydrogens is 292 g/mol. The molecule has 1 amide bonds. The maximum Gasteiger partial charge on any atom is 0.251 e. The van der Waals surface area contributed by atoms with Gasteiger partial charge in [-0.1, -0.05) is 0 Å². The van der Waals surface area contributed by atoms with E-state index in [9.17, 15) is 13.2 Å². The van der Waals surface area contributed by atoms with E-state index in [1.165, 1.54) is 18.2 Å². The molecule has 0 saturated carbocycles. The van der Waals surface area contributed by atoms with Crippen LogP contribution in [0, 0.1) is 6.92 Å². The Balaban J connectivity index is 2.17. The molecule has 0 bridgehead atoms. The monoisotopic (exact) mass is 308 g/mol. The number of nitrogens with one attached hydrogen (secondary N) is 1. The summed E-state index contributed by atoms with van der Waals surface area (Å²) in [5.41, 5.74) is 6.05. The van der Waals surface area contributed by atoms with Crippen LogP contribution in [0.5, 0.6) is 0 Å². The summed E-state index contributed by atoms with van der Waals surface area (Å²) in [6.07, 6.45) is 1.06. The first-order valence-corrected chi connectivity index (χ1v) is 8.09. The molecule has 0 spiro atoms. The average Bonchev–Trinajstić information content (AvgIpc) is 2.80. The predicted molar refractivity (Wildman–Crippen MR) is 78.6 cm³/mol. The van der Waals surface area contributed by atoms with Crippen molar-refractivity contribution in [2.75, 3.05) is 12.0 Å². The lowest BCUT2D eigenvalue weighted by Crippen LogP contribution is -2.23. The molecule has 2 rings (SSSR count). The first kappa shape index (κ1) is 15.1. The zero-order valence-electron chi connectivity index (χ0n) is 11.7. The van der Waals surface area contributed by atoms with Gasteiger partial charge in [0.2, 0.25) is 0 Å². The van der Waals surface area contributed by atoms with Crippen LogP contribution in [-0.4, -0.2) is 20.6 Å². The number of carbonyl (C=O) groups is 1. The van der Waals surface area contributed by atoms with Crippen LogP contribution in [0.15, 0.2) is 39.6 Å². The minimum Gasteiger partial charge on any atom is -0.465 e. The number of carbonyl (C=O) groups excluding carboxylic acids is 1. The van der Waals surface area contributed by atoms with Gasteiger partial charge in [0.25, 0.3) is 5.91 Å². The Bertz CT molecular complexity index is 778. The summed E-state index contributed by atoms with van der Waals surface area (Å²) in [6.45, 7) is 2.03. The molecule has 1 heterocycles. The molecule has 3 N–H and O–H groups in total. The first-order chi connectivity index (χ1) is 9.75. The fraction of sp³-hybridized carbons (Fsp3) is 0.214. The summed E-state index contributed by atoms with van der Waals surface area (Å²) in [5.74, 6) is 0.955. The molecule has 0 radical (unpaired) electrons. The van der Waals surface area contributed by atoms with Gasteiger partial charge in [0.1, 0.15) is 11.5 Å². The normalized spacial score (nSPS) is 11.3. The molecule has 0 unspecified atom stereocenters. The Kier molecular flexibility index (Phi) is 4.04. The number of amides is 1. The molecule has 1 aromatic heterocycles. The van der Waals surface area contributed by atoms with Crippen LogP contribution in [0.4, 0.5) is 5.69 Å². The molecule has 1 aromatic carbocycles. The lowest BCUT2D eigenvalue weighted by Gasteiger charge is -2.07. The van der Waals surface area contributed by atoms with E-state index in [1.54, 1.807) is 12.1 Å². The summed E-state index contributed by atoms with van der Waals surface area (Å²) in [6, 6.07) is 7.61. The number of sulfone groups is 1. The lowest BCUT2D eigenvalue weighted by atomic mass is 10.2. The molecule has 0 saturated heterocycles. The number of benzene rings is 1. The number of hydrogen-bond donors (Lipinski definition) is 2. The molecule has 0 aliphatic rings. The third-order valence-electron chi connectivity index (χ3n) is 2.84. The summed E-state index contributed by atoms with van der Waals surface area (Å²) in [7, 11) is -3.42. The van der Waals surface area contributed by atoms with E-state index in [1.807, 2.05) is 6.92 Å². The van der Waals surface area contributed by atoms with Crippen LogP contribution in [0.2, 0.25) is 0 Å².